The fourth-order valence-electron chi connectivity index (χ4n) is 3.88. The summed E-state index contributed by atoms with van der Waals surface area (Å²) in [5.41, 5.74) is 2.89. The molecule has 0 saturated heterocycles. The van der Waals surface area contributed by atoms with Gasteiger partial charge in [-0.15, -0.1) is 0 Å². The van der Waals surface area contributed by atoms with Crippen LogP contribution < -0.4 is 0 Å². The van der Waals surface area contributed by atoms with E-state index in [9.17, 15) is 4.79 Å². The van der Waals surface area contributed by atoms with Crippen LogP contribution in [0.3, 0.4) is 0 Å². The molecule has 1 nitrogen and oxygen atoms in total. The van der Waals surface area contributed by atoms with Gasteiger partial charge in [0.05, 0.1) is 0 Å². The van der Waals surface area contributed by atoms with E-state index in [1.54, 1.807) is 0 Å². The van der Waals surface area contributed by atoms with Crippen molar-refractivity contribution in [2.45, 2.75) is 0 Å². The maximum Gasteiger partial charge on any atom is 0.150 e. The predicted octanol–water partition coefficient (Wildman–Crippen LogP) is 6.63. The minimum absolute atomic E-state index is 0.700. The van der Waals surface area contributed by atoms with Crippen LogP contribution in [-0.4, -0.2) is 6.29 Å². The number of fused-ring (bicyclic) bond motifs is 6. The van der Waals surface area contributed by atoms with E-state index >= 15 is 0 Å². The highest BCUT2D eigenvalue weighted by atomic mass is 16.1. The number of aldehydes is 1. The minimum Gasteiger partial charge on any atom is -0.298 e. The molecule has 0 fully saturated rings. The molecule has 0 N–H and O–H groups in total. The van der Waals surface area contributed by atoms with E-state index in [2.05, 4.69) is 72.8 Å². The van der Waals surface area contributed by atoms with Gasteiger partial charge in [-0.1, -0.05) is 78.9 Å². The summed E-state index contributed by atoms with van der Waals surface area (Å²) in [6, 6.07) is 31.5. The topological polar surface area (TPSA) is 17.1 Å². The summed E-state index contributed by atoms with van der Waals surface area (Å²) < 4.78 is 0. The highest BCUT2D eigenvalue weighted by Crippen LogP contribution is 2.36. The molecule has 0 aliphatic heterocycles. The lowest BCUT2D eigenvalue weighted by atomic mass is 9.92. The Morgan fingerprint density at radius 3 is 1.62 bits per heavy atom. The molecule has 0 unspecified atom stereocenters. The largest absolute Gasteiger partial charge is 0.298 e. The van der Waals surface area contributed by atoms with Crippen molar-refractivity contribution in [2.75, 3.05) is 0 Å². The van der Waals surface area contributed by atoms with E-state index in [0.29, 0.717) is 5.56 Å². The van der Waals surface area contributed by atoms with Crippen molar-refractivity contribution in [2.24, 2.45) is 0 Å². The third-order valence-electron chi connectivity index (χ3n) is 5.10. The van der Waals surface area contributed by atoms with Crippen molar-refractivity contribution in [3.8, 4) is 11.1 Å². The first-order valence-corrected chi connectivity index (χ1v) is 8.74. The van der Waals surface area contributed by atoms with Crippen molar-refractivity contribution in [3.05, 3.63) is 96.6 Å². The van der Waals surface area contributed by atoms with E-state index in [1.165, 1.54) is 32.3 Å². The molecule has 0 saturated carbocycles. The number of rotatable bonds is 2. The fraction of sp³-hybridized carbons (Fsp3) is 0. The number of benzene rings is 5. The smallest absolute Gasteiger partial charge is 0.150 e. The van der Waals surface area contributed by atoms with E-state index in [1.807, 2.05) is 18.2 Å². The Kier molecular flexibility index (Phi) is 3.32. The number of hydrogen-bond acceptors (Lipinski definition) is 1. The Morgan fingerprint density at radius 2 is 1.00 bits per heavy atom. The van der Waals surface area contributed by atoms with Crippen molar-refractivity contribution in [1.29, 1.82) is 0 Å². The summed E-state index contributed by atoms with van der Waals surface area (Å²) in [4.78, 5) is 11.1. The second-order valence-electron chi connectivity index (χ2n) is 6.59. The summed E-state index contributed by atoms with van der Waals surface area (Å²) >= 11 is 0. The SMILES string of the molecule is O=Cc1cccc(-c2ccc3c4ccccc4c4ccccc4c3c2)c1. The van der Waals surface area contributed by atoms with Gasteiger partial charge >= 0.3 is 0 Å². The first-order valence-electron chi connectivity index (χ1n) is 8.74. The van der Waals surface area contributed by atoms with Gasteiger partial charge in [0.15, 0.2) is 0 Å². The van der Waals surface area contributed by atoms with Gasteiger partial charge in [-0.2, -0.15) is 0 Å². The third-order valence-corrected chi connectivity index (χ3v) is 5.10. The highest BCUT2D eigenvalue weighted by Gasteiger charge is 2.09. The maximum absolute atomic E-state index is 11.1. The quantitative estimate of drug-likeness (QED) is 0.262. The van der Waals surface area contributed by atoms with Gasteiger partial charge in [0, 0.05) is 5.56 Å². The van der Waals surface area contributed by atoms with Crippen LogP contribution in [-0.2, 0) is 0 Å². The molecule has 0 atom stereocenters. The zero-order chi connectivity index (χ0) is 17.5. The van der Waals surface area contributed by atoms with Gasteiger partial charge in [0.2, 0.25) is 0 Å². The molecule has 0 aromatic heterocycles. The molecule has 26 heavy (non-hydrogen) atoms. The summed E-state index contributed by atoms with van der Waals surface area (Å²) in [5.74, 6) is 0. The Hall–Kier alpha value is -3.45. The number of carbonyl (C=O) groups is 1. The van der Waals surface area contributed by atoms with Crippen LogP contribution in [0, 0.1) is 0 Å². The van der Waals surface area contributed by atoms with Crippen LogP contribution in [0.25, 0.3) is 43.4 Å². The lowest BCUT2D eigenvalue weighted by molar-refractivity contribution is 0.112. The monoisotopic (exact) mass is 332 g/mol. The lowest BCUT2D eigenvalue weighted by Crippen LogP contribution is -1.86. The Morgan fingerprint density at radius 1 is 0.462 bits per heavy atom. The highest BCUT2D eigenvalue weighted by molar-refractivity contribution is 6.25. The molecule has 0 spiro atoms. The van der Waals surface area contributed by atoms with Crippen LogP contribution in [0.2, 0.25) is 0 Å². The summed E-state index contributed by atoms with van der Waals surface area (Å²) in [6.45, 7) is 0. The molecule has 0 aliphatic carbocycles. The molecule has 5 aromatic carbocycles. The second-order valence-corrected chi connectivity index (χ2v) is 6.59. The molecule has 122 valence electrons. The predicted molar refractivity (Wildman–Crippen MR) is 110 cm³/mol. The first-order chi connectivity index (χ1) is 12.8. The standard InChI is InChI=1S/C25H16O/c26-16-17-6-5-7-18(14-17)19-12-13-24-22-10-2-1-8-20(22)21-9-3-4-11-23(21)25(24)15-19/h1-16H. The molecule has 0 amide bonds. The second kappa shape index (κ2) is 5.82. The van der Waals surface area contributed by atoms with Gasteiger partial charge in [-0.05, 0) is 55.6 Å². The normalized spacial score (nSPS) is 11.2. The summed E-state index contributed by atoms with van der Waals surface area (Å²) in [7, 11) is 0. The van der Waals surface area contributed by atoms with Crippen molar-refractivity contribution >= 4 is 38.6 Å². The Bertz CT molecular complexity index is 1260. The van der Waals surface area contributed by atoms with Crippen LogP contribution in [0.5, 0.6) is 0 Å². The summed E-state index contributed by atoms with van der Waals surface area (Å²) in [6.07, 6.45) is 0.896. The van der Waals surface area contributed by atoms with Gasteiger partial charge in [-0.25, -0.2) is 0 Å². The number of carbonyl (C=O) groups excluding carboxylic acids is 1. The van der Waals surface area contributed by atoms with Crippen molar-refractivity contribution in [1.82, 2.24) is 0 Å². The molecule has 0 radical (unpaired) electrons. The molecule has 0 aliphatic rings. The van der Waals surface area contributed by atoms with Crippen LogP contribution in [0.4, 0.5) is 0 Å². The average Bonchev–Trinajstić information content (AvgIpc) is 2.73. The van der Waals surface area contributed by atoms with E-state index in [4.69, 9.17) is 0 Å². The first kappa shape index (κ1) is 14.9. The average molecular weight is 332 g/mol. The van der Waals surface area contributed by atoms with E-state index in [-0.39, 0.29) is 0 Å². The van der Waals surface area contributed by atoms with E-state index in [0.717, 1.165) is 17.4 Å². The summed E-state index contributed by atoms with van der Waals surface area (Å²) in [5, 5.41) is 7.59. The zero-order valence-corrected chi connectivity index (χ0v) is 14.1. The molecule has 5 rings (SSSR count). The maximum atomic E-state index is 11.1. The van der Waals surface area contributed by atoms with Crippen LogP contribution in [0.1, 0.15) is 10.4 Å². The van der Waals surface area contributed by atoms with Gasteiger partial charge in [0.25, 0.3) is 0 Å². The van der Waals surface area contributed by atoms with Crippen LogP contribution >= 0.6 is 0 Å². The molecule has 5 aromatic rings. The van der Waals surface area contributed by atoms with Gasteiger partial charge < -0.3 is 0 Å². The van der Waals surface area contributed by atoms with Gasteiger partial charge in [-0.3, -0.25) is 4.79 Å². The van der Waals surface area contributed by atoms with E-state index < -0.39 is 0 Å². The molecule has 0 heterocycles. The number of hydrogen-bond donors (Lipinski definition) is 0. The third kappa shape index (κ3) is 2.21. The molecule has 1 heteroatoms. The lowest BCUT2D eigenvalue weighted by Gasteiger charge is -2.12. The van der Waals surface area contributed by atoms with Gasteiger partial charge in [0.1, 0.15) is 6.29 Å². The van der Waals surface area contributed by atoms with Crippen LogP contribution in [0.15, 0.2) is 91.0 Å². The Balaban J connectivity index is 1.90. The zero-order valence-electron chi connectivity index (χ0n) is 14.1. The van der Waals surface area contributed by atoms with Crippen molar-refractivity contribution in [3.63, 3.8) is 0 Å². The molecule has 0 bridgehead atoms. The fourth-order valence-corrected chi connectivity index (χ4v) is 3.88. The molecular formula is C25H16O. The van der Waals surface area contributed by atoms with Crippen molar-refractivity contribution < 1.29 is 4.79 Å². The Labute approximate surface area is 151 Å². The molecular weight excluding hydrogens is 316 g/mol. The minimum atomic E-state index is 0.700.